The predicted molar refractivity (Wildman–Crippen MR) is 104 cm³/mol. The number of carbonyl (C=O) groups is 3. The van der Waals surface area contributed by atoms with Gasteiger partial charge in [0.2, 0.25) is 0 Å². The Bertz CT molecular complexity index is 780. The van der Waals surface area contributed by atoms with Crippen LogP contribution in [0.2, 0.25) is 0 Å². The molecule has 2 saturated heterocycles. The second kappa shape index (κ2) is 8.24. The molecule has 0 spiro atoms. The van der Waals surface area contributed by atoms with Gasteiger partial charge in [0.1, 0.15) is 24.6 Å². The van der Waals surface area contributed by atoms with Crippen LogP contribution in [0.4, 0.5) is 0 Å². The van der Waals surface area contributed by atoms with Crippen LogP contribution < -0.4 is 0 Å². The lowest BCUT2D eigenvalue weighted by Gasteiger charge is -2.33. The molecule has 158 valence electrons. The van der Waals surface area contributed by atoms with E-state index in [0.29, 0.717) is 25.0 Å². The van der Waals surface area contributed by atoms with Crippen molar-refractivity contribution in [1.82, 2.24) is 0 Å². The highest BCUT2D eigenvalue weighted by molar-refractivity contribution is 5.91. The first kappa shape index (κ1) is 21.5. The number of carbonyl (C=O) groups excluding carboxylic acids is 3. The van der Waals surface area contributed by atoms with Gasteiger partial charge in [-0.2, -0.15) is 0 Å². The maximum absolute atomic E-state index is 12.9. The molecule has 2 heterocycles. The van der Waals surface area contributed by atoms with Crippen LogP contribution in [-0.4, -0.2) is 54.8 Å². The van der Waals surface area contributed by atoms with Crippen molar-refractivity contribution in [3.05, 3.63) is 35.5 Å². The van der Waals surface area contributed by atoms with Crippen molar-refractivity contribution in [3.63, 3.8) is 0 Å². The van der Waals surface area contributed by atoms with Crippen molar-refractivity contribution < 1.29 is 33.3 Å². The standard InChI is InChI=1S/C22H28O7/c1-6-26-18-15(11-23)9-7-8-12(2)10-16-17(13(3)20(24)27-16)19(18)28-21(25)22(5)14(4)29-22/h9-11,14,16-19H,3,6-8H2,1-2,4-5H3/b12-10-,15-9-/t14-,16-,17+,18+,19+,22-/m1/s1. The van der Waals surface area contributed by atoms with E-state index in [-0.39, 0.29) is 11.7 Å². The number of esters is 2. The number of epoxide rings is 1. The fourth-order valence-corrected chi connectivity index (χ4v) is 3.86. The molecule has 0 saturated carbocycles. The summed E-state index contributed by atoms with van der Waals surface area (Å²) in [4.78, 5) is 37.0. The highest BCUT2D eigenvalue weighted by Crippen LogP contribution is 2.41. The van der Waals surface area contributed by atoms with E-state index in [1.807, 2.05) is 13.0 Å². The van der Waals surface area contributed by atoms with Gasteiger partial charge in [0, 0.05) is 17.8 Å². The van der Waals surface area contributed by atoms with Crippen LogP contribution in [-0.2, 0) is 33.3 Å². The number of fused-ring (bicyclic) bond motifs is 1. The Balaban J connectivity index is 2.06. The van der Waals surface area contributed by atoms with Crippen molar-refractivity contribution in [1.29, 1.82) is 0 Å². The maximum atomic E-state index is 12.9. The maximum Gasteiger partial charge on any atom is 0.341 e. The Morgan fingerprint density at radius 3 is 2.72 bits per heavy atom. The van der Waals surface area contributed by atoms with Crippen molar-refractivity contribution >= 4 is 18.2 Å². The lowest BCUT2D eigenvalue weighted by atomic mass is 9.83. The normalized spacial score (nSPS) is 40.6. The summed E-state index contributed by atoms with van der Waals surface area (Å²) in [7, 11) is 0. The SMILES string of the molecule is C=C1C(=O)O[C@@H]2/C=C(/C)CC/C=C(/C=O)[C@H](OCC)[C@@H](OC(=O)[C@]3(C)O[C@@H]3C)[C@@H]12. The largest absolute Gasteiger partial charge is 0.456 e. The van der Waals surface area contributed by atoms with E-state index in [1.54, 1.807) is 26.8 Å². The Hall–Kier alpha value is -2.25. The van der Waals surface area contributed by atoms with Gasteiger partial charge in [-0.1, -0.05) is 18.2 Å². The second-order valence-corrected chi connectivity index (χ2v) is 7.91. The topological polar surface area (TPSA) is 91.4 Å². The van der Waals surface area contributed by atoms with Gasteiger partial charge < -0.3 is 18.9 Å². The molecule has 0 amide bonds. The van der Waals surface area contributed by atoms with E-state index in [0.717, 1.165) is 11.9 Å². The summed E-state index contributed by atoms with van der Waals surface area (Å²) in [5.74, 6) is -1.77. The molecule has 3 rings (SSSR count). The summed E-state index contributed by atoms with van der Waals surface area (Å²) in [5, 5.41) is 0. The molecule has 2 fully saturated rings. The van der Waals surface area contributed by atoms with Crippen molar-refractivity contribution in [2.24, 2.45) is 5.92 Å². The van der Waals surface area contributed by atoms with E-state index in [2.05, 4.69) is 6.58 Å². The molecule has 2 aliphatic heterocycles. The number of aldehydes is 1. The molecule has 0 aromatic rings. The molecular weight excluding hydrogens is 376 g/mol. The lowest BCUT2D eigenvalue weighted by molar-refractivity contribution is -0.166. The quantitative estimate of drug-likeness (QED) is 0.228. The Labute approximate surface area is 170 Å². The third-order valence-corrected chi connectivity index (χ3v) is 5.88. The molecule has 3 aliphatic rings. The molecular formula is C22H28O7. The van der Waals surface area contributed by atoms with Gasteiger partial charge >= 0.3 is 11.9 Å². The average molecular weight is 404 g/mol. The van der Waals surface area contributed by atoms with Crippen LogP contribution in [0.25, 0.3) is 0 Å². The second-order valence-electron chi connectivity index (χ2n) is 7.91. The first-order chi connectivity index (χ1) is 13.7. The molecule has 0 radical (unpaired) electrons. The molecule has 0 unspecified atom stereocenters. The summed E-state index contributed by atoms with van der Waals surface area (Å²) in [6.07, 6.45) is 2.97. The van der Waals surface area contributed by atoms with E-state index in [4.69, 9.17) is 18.9 Å². The minimum absolute atomic E-state index is 0.197. The van der Waals surface area contributed by atoms with Gasteiger partial charge in [-0.3, -0.25) is 4.79 Å². The Kier molecular flexibility index (Phi) is 6.10. The first-order valence-electron chi connectivity index (χ1n) is 9.95. The average Bonchev–Trinajstić information content (AvgIpc) is 3.20. The number of allylic oxidation sites excluding steroid dienone is 2. The molecule has 6 atom stereocenters. The molecule has 7 heteroatoms. The molecule has 0 aromatic carbocycles. The first-order valence-corrected chi connectivity index (χ1v) is 9.95. The molecule has 0 bridgehead atoms. The zero-order valence-electron chi connectivity index (χ0n) is 17.3. The Morgan fingerprint density at radius 2 is 2.14 bits per heavy atom. The monoisotopic (exact) mass is 404 g/mol. The number of ether oxygens (including phenoxy) is 4. The van der Waals surface area contributed by atoms with E-state index >= 15 is 0 Å². The molecule has 7 nitrogen and oxygen atoms in total. The number of hydrogen-bond acceptors (Lipinski definition) is 7. The van der Waals surface area contributed by atoms with Crippen LogP contribution in [0.1, 0.15) is 40.5 Å². The zero-order valence-corrected chi connectivity index (χ0v) is 17.3. The van der Waals surface area contributed by atoms with Gasteiger partial charge in [-0.25, -0.2) is 9.59 Å². The number of rotatable bonds is 5. The smallest absolute Gasteiger partial charge is 0.341 e. The molecule has 0 N–H and O–H groups in total. The predicted octanol–water partition coefficient (Wildman–Crippen LogP) is 2.44. The summed E-state index contributed by atoms with van der Waals surface area (Å²) < 4.78 is 22.6. The van der Waals surface area contributed by atoms with Crippen molar-refractivity contribution in [3.8, 4) is 0 Å². The van der Waals surface area contributed by atoms with Gasteiger partial charge in [0.05, 0.1) is 12.0 Å². The molecule has 0 aromatic heterocycles. The van der Waals surface area contributed by atoms with Gasteiger partial charge in [0.15, 0.2) is 5.60 Å². The van der Waals surface area contributed by atoms with Crippen LogP contribution in [0.3, 0.4) is 0 Å². The van der Waals surface area contributed by atoms with Crippen LogP contribution in [0.15, 0.2) is 35.5 Å². The van der Waals surface area contributed by atoms with Crippen molar-refractivity contribution in [2.45, 2.75) is 70.6 Å². The summed E-state index contributed by atoms with van der Waals surface area (Å²) >= 11 is 0. The van der Waals surface area contributed by atoms with Gasteiger partial charge in [-0.05, 0) is 46.6 Å². The molecule has 1 aliphatic carbocycles. The highest BCUT2D eigenvalue weighted by Gasteiger charge is 2.59. The Morgan fingerprint density at radius 1 is 1.45 bits per heavy atom. The third kappa shape index (κ3) is 4.07. The fraction of sp³-hybridized carbons (Fsp3) is 0.591. The minimum Gasteiger partial charge on any atom is -0.456 e. The van der Waals surface area contributed by atoms with E-state index in [1.165, 1.54) is 0 Å². The summed E-state index contributed by atoms with van der Waals surface area (Å²) in [5.41, 5.74) is 0.529. The van der Waals surface area contributed by atoms with Crippen LogP contribution in [0.5, 0.6) is 0 Å². The number of hydrogen-bond donors (Lipinski definition) is 0. The lowest BCUT2D eigenvalue weighted by Crippen LogP contribution is -2.46. The molecule has 29 heavy (non-hydrogen) atoms. The van der Waals surface area contributed by atoms with E-state index < -0.39 is 41.8 Å². The van der Waals surface area contributed by atoms with E-state index in [9.17, 15) is 14.4 Å². The zero-order chi connectivity index (χ0) is 21.3. The van der Waals surface area contributed by atoms with Crippen molar-refractivity contribution in [2.75, 3.05) is 6.61 Å². The van der Waals surface area contributed by atoms with Crippen LogP contribution >= 0.6 is 0 Å². The highest BCUT2D eigenvalue weighted by atomic mass is 16.7. The summed E-state index contributed by atoms with van der Waals surface area (Å²) in [6, 6.07) is 0. The third-order valence-electron chi connectivity index (χ3n) is 5.88. The minimum atomic E-state index is -1.05. The summed E-state index contributed by atoms with van der Waals surface area (Å²) in [6.45, 7) is 11.3. The van der Waals surface area contributed by atoms with Gasteiger partial charge in [0.25, 0.3) is 0 Å². The van der Waals surface area contributed by atoms with Crippen LogP contribution in [0, 0.1) is 5.92 Å². The van der Waals surface area contributed by atoms with Gasteiger partial charge in [-0.15, -0.1) is 0 Å². The fourth-order valence-electron chi connectivity index (χ4n) is 3.86.